The summed E-state index contributed by atoms with van der Waals surface area (Å²) in [6.07, 6.45) is 0. The van der Waals surface area contributed by atoms with E-state index in [0.29, 0.717) is 0 Å². The molecule has 5 heteroatoms. The maximum atomic E-state index is 4.84. The van der Waals surface area contributed by atoms with Gasteiger partial charge < -0.3 is 10.2 Å². The molecule has 1 saturated heterocycles. The topological polar surface area (TPSA) is 45.5 Å². The van der Waals surface area contributed by atoms with Crippen LogP contribution in [-0.2, 0) is 0 Å². The fourth-order valence-electron chi connectivity index (χ4n) is 3.64. The number of benzene rings is 2. The van der Waals surface area contributed by atoms with Crippen molar-refractivity contribution in [3.05, 3.63) is 48.2 Å². The van der Waals surface area contributed by atoms with Crippen LogP contribution in [0.5, 0.6) is 0 Å². The standard InChI is InChI=1S/C19H19N5/c1-13-15-4-2-3-5-16(15)19-21-17-7-6-14(12-18(17)24(19)22-13)23-10-8-20-9-11-23/h2-7,12,20H,8-11H2,1H3. The van der Waals surface area contributed by atoms with Crippen molar-refractivity contribution in [2.75, 3.05) is 31.1 Å². The minimum absolute atomic E-state index is 0.934. The van der Waals surface area contributed by atoms with Gasteiger partial charge in [-0.2, -0.15) is 5.10 Å². The van der Waals surface area contributed by atoms with Crippen molar-refractivity contribution in [2.45, 2.75) is 6.92 Å². The number of nitrogens with zero attached hydrogens (tertiary/aromatic N) is 4. The van der Waals surface area contributed by atoms with Crippen LogP contribution in [0.15, 0.2) is 42.5 Å². The zero-order valence-corrected chi connectivity index (χ0v) is 13.7. The highest BCUT2D eigenvalue weighted by Crippen LogP contribution is 2.27. The average molecular weight is 317 g/mol. The van der Waals surface area contributed by atoms with Crippen LogP contribution < -0.4 is 10.2 Å². The van der Waals surface area contributed by atoms with Gasteiger partial charge in [-0.3, -0.25) is 0 Å². The zero-order valence-electron chi connectivity index (χ0n) is 13.7. The summed E-state index contributed by atoms with van der Waals surface area (Å²) in [6.45, 7) is 6.21. The Hall–Kier alpha value is -2.66. The largest absolute Gasteiger partial charge is 0.369 e. The first kappa shape index (κ1) is 13.7. The van der Waals surface area contributed by atoms with Crippen LogP contribution in [0.1, 0.15) is 5.69 Å². The van der Waals surface area contributed by atoms with E-state index < -0.39 is 0 Å². The molecule has 24 heavy (non-hydrogen) atoms. The molecule has 1 fully saturated rings. The lowest BCUT2D eigenvalue weighted by Crippen LogP contribution is -2.43. The van der Waals surface area contributed by atoms with E-state index in [2.05, 4.69) is 59.6 Å². The van der Waals surface area contributed by atoms with Crippen molar-refractivity contribution in [2.24, 2.45) is 0 Å². The molecule has 4 aromatic rings. The Morgan fingerprint density at radius 1 is 1.00 bits per heavy atom. The monoisotopic (exact) mass is 317 g/mol. The summed E-state index contributed by atoms with van der Waals surface area (Å²) >= 11 is 0. The molecular weight excluding hydrogens is 298 g/mol. The van der Waals surface area contributed by atoms with Gasteiger partial charge in [-0.1, -0.05) is 24.3 Å². The SMILES string of the molecule is Cc1nn2c3cc(N4CCNCC4)ccc3nc2c2ccccc12. The summed E-state index contributed by atoms with van der Waals surface area (Å²) in [4.78, 5) is 7.26. The summed E-state index contributed by atoms with van der Waals surface area (Å²) in [7, 11) is 0. The molecule has 2 aromatic heterocycles. The summed E-state index contributed by atoms with van der Waals surface area (Å²) in [5, 5.41) is 10.5. The predicted molar refractivity (Wildman–Crippen MR) is 97.8 cm³/mol. The van der Waals surface area contributed by atoms with Gasteiger partial charge in [-0.25, -0.2) is 9.50 Å². The van der Waals surface area contributed by atoms with Crippen LogP contribution in [-0.4, -0.2) is 40.8 Å². The summed E-state index contributed by atoms with van der Waals surface area (Å²) in [5.41, 5.74) is 5.29. The van der Waals surface area contributed by atoms with Crippen molar-refractivity contribution in [3.63, 3.8) is 0 Å². The highest BCUT2D eigenvalue weighted by molar-refractivity contribution is 5.99. The Balaban J connectivity index is 1.78. The van der Waals surface area contributed by atoms with Gasteiger partial charge in [0.05, 0.1) is 16.7 Å². The Kier molecular flexibility index (Phi) is 2.97. The molecule has 0 aliphatic carbocycles. The van der Waals surface area contributed by atoms with Crippen molar-refractivity contribution < 1.29 is 0 Å². The van der Waals surface area contributed by atoms with E-state index in [1.165, 1.54) is 11.1 Å². The minimum Gasteiger partial charge on any atom is -0.369 e. The molecule has 2 aromatic carbocycles. The van der Waals surface area contributed by atoms with Gasteiger partial charge in [-0.05, 0) is 25.1 Å². The van der Waals surface area contributed by atoms with Gasteiger partial charge in [0.25, 0.3) is 0 Å². The molecule has 0 bridgehead atoms. The third-order valence-electron chi connectivity index (χ3n) is 4.90. The molecule has 1 aliphatic rings. The molecule has 0 saturated carbocycles. The zero-order chi connectivity index (χ0) is 16.1. The van der Waals surface area contributed by atoms with E-state index in [0.717, 1.165) is 53.9 Å². The summed E-state index contributed by atoms with van der Waals surface area (Å²) < 4.78 is 2.00. The molecule has 0 spiro atoms. The summed E-state index contributed by atoms with van der Waals surface area (Å²) in [6, 6.07) is 14.9. The molecule has 1 aliphatic heterocycles. The van der Waals surface area contributed by atoms with Gasteiger partial charge in [-0.15, -0.1) is 0 Å². The average Bonchev–Trinajstić information content (AvgIpc) is 3.01. The quantitative estimate of drug-likeness (QED) is 0.586. The van der Waals surface area contributed by atoms with Crippen LogP contribution in [0.4, 0.5) is 5.69 Å². The number of piperazine rings is 1. The Bertz CT molecular complexity index is 1060. The Morgan fingerprint density at radius 3 is 2.62 bits per heavy atom. The maximum Gasteiger partial charge on any atom is 0.162 e. The lowest BCUT2D eigenvalue weighted by molar-refractivity contribution is 0.589. The van der Waals surface area contributed by atoms with Crippen LogP contribution in [0.3, 0.4) is 0 Å². The number of hydrogen-bond donors (Lipinski definition) is 1. The van der Waals surface area contributed by atoms with E-state index in [1.54, 1.807) is 0 Å². The van der Waals surface area contributed by atoms with Crippen LogP contribution in [0.2, 0.25) is 0 Å². The van der Waals surface area contributed by atoms with E-state index in [4.69, 9.17) is 10.1 Å². The Morgan fingerprint density at radius 2 is 1.79 bits per heavy atom. The molecule has 3 heterocycles. The van der Waals surface area contributed by atoms with Crippen molar-refractivity contribution in [3.8, 4) is 0 Å². The van der Waals surface area contributed by atoms with Crippen LogP contribution in [0, 0.1) is 6.92 Å². The maximum absolute atomic E-state index is 4.84. The highest BCUT2D eigenvalue weighted by atomic mass is 15.3. The fraction of sp³-hybridized carbons (Fsp3) is 0.263. The number of rotatable bonds is 1. The van der Waals surface area contributed by atoms with E-state index >= 15 is 0 Å². The number of hydrogen-bond acceptors (Lipinski definition) is 4. The molecule has 120 valence electrons. The summed E-state index contributed by atoms with van der Waals surface area (Å²) in [5.74, 6) is 0. The molecular formula is C19H19N5. The number of aryl methyl sites for hydroxylation is 1. The van der Waals surface area contributed by atoms with Gasteiger partial charge in [0, 0.05) is 42.6 Å². The van der Waals surface area contributed by atoms with Gasteiger partial charge >= 0.3 is 0 Å². The van der Waals surface area contributed by atoms with Gasteiger partial charge in [0.1, 0.15) is 0 Å². The number of aromatic nitrogens is 3. The van der Waals surface area contributed by atoms with Crippen molar-refractivity contribution in [1.29, 1.82) is 0 Å². The number of anilines is 1. The second kappa shape index (κ2) is 5.18. The molecule has 0 radical (unpaired) electrons. The van der Waals surface area contributed by atoms with Crippen LogP contribution in [0.25, 0.3) is 27.5 Å². The lowest BCUT2D eigenvalue weighted by Gasteiger charge is -2.29. The first-order valence-electron chi connectivity index (χ1n) is 8.45. The first-order chi connectivity index (χ1) is 11.8. The molecule has 5 rings (SSSR count). The van der Waals surface area contributed by atoms with Gasteiger partial charge in [0.15, 0.2) is 5.65 Å². The Labute approximate surface area is 139 Å². The van der Waals surface area contributed by atoms with E-state index in [-0.39, 0.29) is 0 Å². The predicted octanol–water partition coefficient (Wildman–Crippen LogP) is 2.75. The number of fused-ring (bicyclic) bond motifs is 5. The lowest BCUT2D eigenvalue weighted by atomic mass is 10.1. The van der Waals surface area contributed by atoms with E-state index in [9.17, 15) is 0 Å². The van der Waals surface area contributed by atoms with Crippen molar-refractivity contribution >= 4 is 33.1 Å². The van der Waals surface area contributed by atoms with Crippen molar-refractivity contribution in [1.82, 2.24) is 19.9 Å². The fourth-order valence-corrected chi connectivity index (χ4v) is 3.64. The van der Waals surface area contributed by atoms with Crippen LogP contribution >= 0.6 is 0 Å². The highest BCUT2D eigenvalue weighted by Gasteiger charge is 2.15. The number of nitrogens with one attached hydrogen (secondary N) is 1. The third kappa shape index (κ3) is 1.98. The normalized spacial score (nSPS) is 15.6. The molecule has 1 N–H and O–H groups in total. The molecule has 0 amide bonds. The van der Waals surface area contributed by atoms with Gasteiger partial charge in [0.2, 0.25) is 0 Å². The second-order valence-corrected chi connectivity index (χ2v) is 6.39. The molecule has 0 unspecified atom stereocenters. The number of imidazole rings is 1. The molecule has 0 atom stereocenters. The minimum atomic E-state index is 0.934. The second-order valence-electron chi connectivity index (χ2n) is 6.39. The molecule has 5 nitrogen and oxygen atoms in total. The first-order valence-corrected chi connectivity index (χ1v) is 8.45. The third-order valence-corrected chi connectivity index (χ3v) is 4.90. The smallest absolute Gasteiger partial charge is 0.162 e. The van der Waals surface area contributed by atoms with E-state index in [1.807, 2.05) is 4.52 Å².